The quantitative estimate of drug-likeness (QED) is 0.171. The maximum atomic E-state index is 5.34. The Morgan fingerprint density at radius 3 is 1.38 bits per heavy atom. The summed E-state index contributed by atoms with van der Waals surface area (Å²) in [5.41, 5.74) is 9.65. The lowest BCUT2D eigenvalue weighted by molar-refractivity contribution is 0.953. The van der Waals surface area contributed by atoms with E-state index in [1.54, 1.807) is 0 Å². The molecule has 0 aliphatic carbocycles. The summed E-state index contributed by atoms with van der Waals surface area (Å²) in [5, 5.41) is 4.28. The number of aromatic nitrogens is 7. The van der Waals surface area contributed by atoms with E-state index in [-0.39, 0.29) is 0 Å². The van der Waals surface area contributed by atoms with E-state index in [0.717, 1.165) is 77.4 Å². The van der Waals surface area contributed by atoms with Gasteiger partial charge in [0, 0.05) is 44.1 Å². The topological polar surface area (TPSA) is 74.3 Å². The van der Waals surface area contributed by atoms with Crippen LogP contribution in [0.5, 0.6) is 0 Å². The second kappa shape index (κ2) is 13.0. The van der Waals surface area contributed by atoms with Crippen LogP contribution in [-0.2, 0) is 0 Å². The monoisotopic (exact) mass is 717 g/mol. The van der Waals surface area contributed by atoms with Gasteiger partial charge in [-0.3, -0.25) is 9.13 Å². The highest BCUT2D eigenvalue weighted by atomic mass is 15.2. The first-order valence-electron chi connectivity index (χ1n) is 18.6. The van der Waals surface area contributed by atoms with E-state index in [1.165, 1.54) is 0 Å². The largest absolute Gasteiger partial charge is 0.294 e. The molecule has 0 spiro atoms. The lowest BCUT2D eigenvalue weighted by atomic mass is 10.1. The number of para-hydroxylation sites is 2. The molecule has 7 aromatic carbocycles. The maximum absolute atomic E-state index is 5.34. The number of nitrogens with zero attached hydrogens (tertiary/aromatic N) is 7. The highest BCUT2D eigenvalue weighted by Crippen LogP contribution is 2.40. The third-order valence-electron chi connectivity index (χ3n) is 10.4. The third kappa shape index (κ3) is 5.17. The molecule has 7 nitrogen and oxygen atoms in total. The van der Waals surface area contributed by atoms with E-state index in [9.17, 15) is 0 Å². The zero-order valence-corrected chi connectivity index (χ0v) is 30.0. The highest BCUT2D eigenvalue weighted by Gasteiger charge is 2.23. The normalized spacial score (nSPS) is 11.6. The third-order valence-corrected chi connectivity index (χ3v) is 10.4. The van der Waals surface area contributed by atoms with Crippen molar-refractivity contribution in [2.24, 2.45) is 0 Å². The molecule has 262 valence electrons. The summed E-state index contributed by atoms with van der Waals surface area (Å²) in [6, 6.07) is 64.4. The van der Waals surface area contributed by atoms with Gasteiger partial charge < -0.3 is 0 Å². The minimum Gasteiger partial charge on any atom is -0.294 e. The van der Waals surface area contributed by atoms with Crippen molar-refractivity contribution in [2.45, 2.75) is 0 Å². The van der Waals surface area contributed by atoms with Crippen molar-refractivity contribution in [1.29, 1.82) is 0 Å². The molecule has 4 heterocycles. The molecule has 0 saturated carbocycles. The molecule has 4 aromatic heterocycles. The fourth-order valence-electron chi connectivity index (χ4n) is 7.85. The van der Waals surface area contributed by atoms with Crippen LogP contribution in [0.25, 0.3) is 101 Å². The molecule has 0 fully saturated rings. The molecule has 0 aliphatic heterocycles. The van der Waals surface area contributed by atoms with Crippen LogP contribution in [0, 0.1) is 0 Å². The van der Waals surface area contributed by atoms with Crippen molar-refractivity contribution < 1.29 is 0 Å². The molecule has 11 aromatic rings. The van der Waals surface area contributed by atoms with Gasteiger partial charge in [-0.25, -0.2) is 15.0 Å². The fourth-order valence-corrected chi connectivity index (χ4v) is 7.85. The minimum atomic E-state index is 0.557. The van der Waals surface area contributed by atoms with Crippen molar-refractivity contribution in [3.63, 3.8) is 0 Å². The van der Waals surface area contributed by atoms with E-state index in [2.05, 4.69) is 112 Å². The maximum Gasteiger partial charge on any atom is 0.238 e. The molecule has 0 unspecified atom stereocenters. The van der Waals surface area contributed by atoms with Crippen LogP contribution in [-0.4, -0.2) is 34.1 Å². The summed E-state index contributed by atoms with van der Waals surface area (Å²) in [7, 11) is 0. The predicted molar refractivity (Wildman–Crippen MR) is 226 cm³/mol. The number of benzene rings is 7. The van der Waals surface area contributed by atoms with Gasteiger partial charge in [-0.15, -0.1) is 0 Å². The summed E-state index contributed by atoms with van der Waals surface area (Å²) in [5.74, 6) is 2.47. The molecule has 0 bridgehead atoms. The van der Waals surface area contributed by atoms with E-state index in [0.29, 0.717) is 23.4 Å². The molecule has 7 heteroatoms. The van der Waals surface area contributed by atoms with Crippen molar-refractivity contribution in [2.75, 3.05) is 0 Å². The average Bonchev–Trinajstić information content (AvgIpc) is 3.80. The molecule has 0 radical (unpaired) electrons. The zero-order valence-electron chi connectivity index (χ0n) is 30.0. The van der Waals surface area contributed by atoms with Crippen LogP contribution in [0.2, 0.25) is 0 Å². The SMILES string of the molecule is c1ccc(-c2nc(-c3ccccc3)nc(-n3c4ccccc4c4cc(-n5c6ccccc6c6c(-c7ccccc7)nc(-c7ccccc7)nc65)ccc43)n2)cc1. The first kappa shape index (κ1) is 31.7. The van der Waals surface area contributed by atoms with E-state index in [1.807, 2.05) is 84.9 Å². The van der Waals surface area contributed by atoms with Crippen LogP contribution in [0.3, 0.4) is 0 Å². The summed E-state index contributed by atoms with van der Waals surface area (Å²) in [6.07, 6.45) is 0. The molecule has 0 saturated heterocycles. The molecular formula is C49H31N7. The minimum absolute atomic E-state index is 0.557. The number of fused-ring (bicyclic) bond motifs is 6. The Kier molecular flexibility index (Phi) is 7.35. The van der Waals surface area contributed by atoms with Gasteiger partial charge >= 0.3 is 0 Å². The van der Waals surface area contributed by atoms with Gasteiger partial charge in [-0.05, 0) is 30.3 Å². The molecule has 0 aliphatic rings. The fraction of sp³-hybridized carbons (Fsp3) is 0. The van der Waals surface area contributed by atoms with Gasteiger partial charge in [-0.2, -0.15) is 9.97 Å². The molecule has 0 atom stereocenters. The van der Waals surface area contributed by atoms with Crippen LogP contribution in [0.15, 0.2) is 188 Å². The molecule has 56 heavy (non-hydrogen) atoms. The van der Waals surface area contributed by atoms with E-state index >= 15 is 0 Å². The molecule has 0 amide bonds. The highest BCUT2D eigenvalue weighted by molar-refractivity contribution is 6.15. The van der Waals surface area contributed by atoms with E-state index < -0.39 is 0 Å². The summed E-state index contributed by atoms with van der Waals surface area (Å²) < 4.78 is 4.44. The van der Waals surface area contributed by atoms with Gasteiger partial charge in [0.1, 0.15) is 5.65 Å². The zero-order chi connectivity index (χ0) is 37.0. The number of hydrogen-bond acceptors (Lipinski definition) is 5. The molecule has 0 N–H and O–H groups in total. The van der Waals surface area contributed by atoms with Crippen molar-refractivity contribution in [1.82, 2.24) is 34.1 Å². The summed E-state index contributed by atoms with van der Waals surface area (Å²) in [6.45, 7) is 0. The smallest absolute Gasteiger partial charge is 0.238 e. The standard InChI is InChI=1S/C49H31N7/c1-5-17-32(18-6-1)44-43-38-26-14-16-28-41(38)55(48(43)52-45(50-44)33-19-7-2-8-20-33)36-29-30-42-39(31-36)37-25-13-15-27-40(37)56(42)49-53-46(34-21-9-3-10-22-34)51-47(54-49)35-23-11-4-12-24-35/h1-31H. The molecular weight excluding hydrogens is 687 g/mol. The van der Waals surface area contributed by atoms with Gasteiger partial charge in [0.05, 0.1) is 27.6 Å². The Labute approximate surface area is 321 Å². The van der Waals surface area contributed by atoms with E-state index in [4.69, 9.17) is 24.9 Å². The first-order chi connectivity index (χ1) is 27.8. The second-order valence-corrected chi connectivity index (χ2v) is 13.7. The summed E-state index contributed by atoms with van der Waals surface area (Å²) >= 11 is 0. The lowest BCUT2D eigenvalue weighted by Gasteiger charge is -2.12. The van der Waals surface area contributed by atoms with Crippen molar-refractivity contribution in [3.8, 4) is 57.1 Å². The second-order valence-electron chi connectivity index (χ2n) is 13.7. The summed E-state index contributed by atoms with van der Waals surface area (Å²) in [4.78, 5) is 25.8. The van der Waals surface area contributed by atoms with Crippen LogP contribution in [0.4, 0.5) is 0 Å². The average molecular weight is 718 g/mol. The Balaban J connectivity index is 1.18. The van der Waals surface area contributed by atoms with Crippen molar-refractivity contribution >= 4 is 43.7 Å². The van der Waals surface area contributed by atoms with Crippen molar-refractivity contribution in [3.05, 3.63) is 188 Å². The number of rotatable bonds is 6. The van der Waals surface area contributed by atoms with Gasteiger partial charge in [0.25, 0.3) is 0 Å². The van der Waals surface area contributed by atoms with Gasteiger partial charge in [-0.1, -0.05) is 158 Å². The predicted octanol–water partition coefficient (Wildman–Crippen LogP) is 11.5. The van der Waals surface area contributed by atoms with Gasteiger partial charge in [0.15, 0.2) is 17.5 Å². The molecule has 11 rings (SSSR count). The Morgan fingerprint density at radius 2 is 0.786 bits per heavy atom. The lowest BCUT2D eigenvalue weighted by Crippen LogP contribution is -2.06. The van der Waals surface area contributed by atoms with Crippen LogP contribution in [0.1, 0.15) is 0 Å². The Morgan fingerprint density at radius 1 is 0.321 bits per heavy atom. The Bertz CT molecular complexity index is 3170. The van der Waals surface area contributed by atoms with Gasteiger partial charge in [0.2, 0.25) is 5.95 Å². The number of hydrogen-bond donors (Lipinski definition) is 0. The Hall–Kier alpha value is -7.77. The van der Waals surface area contributed by atoms with Crippen LogP contribution < -0.4 is 0 Å². The first-order valence-corrected chi connectivity index (χ1v) is 18.6. The van der Waals surface area contributed by atoms with Crippen LogP contribution >= 0.6 is 0 Å².